The van der Waals surface area contributed by atoms with Gasteiger partial charge in [0.05, 0.1) is 12.7 Å². The van der Waals surface area contributed by atoms with Gasteiger partial charge in [-0.2, -0.15) is 0 Å². The Balaban J connectivity index is 3.21. The van der Waals surface area contributed by atoms with E-state index in [1.165, 1.54) is 7.11 Å². The predicted octanol–water partition coefficient (Wildman–Crippen LogP) is 1.49. The van der Waals surface area contributed by atoms with Gasteiger partial charge in [-0.05, 0) is 25.0 Å². The Morgan fingerprint density at radius 2 is 1.83 bits per heavy atom. The summed E-state index contributed by atoms with van der Waals surface area (Å²) in [5.74, 6) is -0.299. The van der Waals surface area contributed by atoms with Gasteiger partial charge in [0.2, 0.25) is 0 Å². The van der Waals surface area contributed by atoms with Gasteiger partial charge in [-0.25, -0.2) is 4.79 Å². The van der Waals surface area contributed by atoms with Crippen LogP contribution in [0.5, 0.6) is 0 Å². The summed E-state index contributed by atoms with van der Waals surface area (Å²) in [5.41, 5.74) is 2.32. The minimum atomic E-state index is -0.299. The quantitative estimate of drug-likeness (QED) is 0.592. The summed E-state index contributed by atoms with van der Waals surface area (Å²) in [6, 6.07) is 0. The van der Waals surface area contributed by atoms with Gasteiger partial charge in [-0.1, -0.05) is 0 Å². The average molecular weight is 165 g/mol. The minimum Gasteiger partial charge on any atom is -0.465 e. The first-order chi connectivity index (χ1) is 5.66. The molecule has 0 bridgehead atoms. The average Bonchev–Trinajstić information content (AvgIpc) is 2.03. The van der Waals surface area contributed by atoms with Gasteiger partial charge < -0.3 is 4.74 Å². The highest BCUT2D eigenvalue weighted by atomic mass is 16.5. The zero-order chi connectivity index (χ0) is 9.14. The Morgan fingerprint density at radius 1 is 1.33 bits per heavy atom. The topological polar surface area (TPSA) is 39.2 Å². The monoisotopic (exact) mass is 165 g/mol. The van der Waals surface area contributed by atoms with Gasteiger partial charge in [0.25, 0.3) is 0 Å². The minimum absolute atomic E-state index is 0.299. The van der Waals surface area contributed by atoms with Crippen molar-refractivity contribution in [3.63, 3.8) is 0 Å². The molecule has 0 spiro atoms. The van der Waals surface area contributed by atoms with Gasteiger partial charge >= 0.3 is 5.97 Å². The lowest BCUT2D eigenvalue weighted by Gasteiger charge is -2.05. The Morgan fingerprint density at radius 3 is 2.25 bits per heavy atom. The highest BCUT2D eigenvalue weighted by Gasteiger charge is 2.11. The van der Waals surface area contributed by atoms with Crippen molar-refractivity contribution in [2.24, 2.45) is 0 Å². The molecule has 3 heteroatoms. The van der Waals surface area contributed by atoms with E-state index in [2.05, 4.69) is 9.72 Å². The maximum Gasteiger partial charge on any atom is 0.338 e. The van der Waals surface area contributed by atoms with Crippen LogP contribution in [0.3, 0.4) is 0 Å². The number of nitrogens with zero attached hydrogens (tertiary/aromatic N) is 1. The fraction of sp³-hybridized carbons (Fsp3) is 0.333. The van der Waals surface area contributed by atoms with Crippen molar-refractivity contribution in [2.75, 3.05) is 7.11 Å². The molecular formula is C9H11NO2. The Labute approximate surface area is 71.4 Å². The number of esters is 1. The summed E-state index contributed by atoms with van der Waals surface area (Å²) in [6.07, 6.45) is 3.30. The number of ether oxygens (including phenoxy) is 1. The van der Waals surface area contributed by atoms with Crippen LogP contribution in [0.25, 0.3) is 0 Å². The molecule has 0 aliphatic rings. The Hall–Kier alpha value is -1.38. The van der Waals surface area contributed by atoms with Crippen molar-refractivity contribution in [1.82, 2.24) is 4.98 Å². The third kappa shape index (κ3) is 1.44. The lowest BCUT2D eigenvalue weighted by atomic mass is 10.1. The first-order valence-electron chi connectivity index (χ1n) is 3.66. The van der Waals surface area contributed by atoms with Crippen LogP contribution in [0.1, 0.15) is 21.5 Å². The molecule has 64 valence electrons. The summed E-state index contributed by atoms with van der Waals surface area (Å²) in [5, 5.41) is 0. The highest BCUT2D eigenvalue weighted by Crippen LogP contribution is 2.11. The van der Waals surface area contributed by atoms with Crippen LogP contribution < -0.4 is 0 Å². The fourth-order valence-corrected chi connectivity index (χ4v) is 1.13. The molecule has 0 saturated carbocycles. The molecule has 12 heavy (non-hydrogen) atoms. The molecule has 1 heterocycles. The SMILES string of the molecule is COC(=O)c1c(C)cncc1C. The predicted molar refractivity (Wildman–Crippen MR) is 45.1 cm³/mol. The van der Waals surface area contributed by atoms with Crippen molar-refractivity contribution < 1.29 is 9.53 Å². The molecule has 0 fully saturated rings. The summed E-state index contributed by atoms with van der Waals surface area (Å²) in [7, 11) is 1.38. The molecule has 0 unspecified atom stereocenters. The molecule has 0 aliphatic heterocycles. The second-order valence-electron chi connectivity index (χ2n) is 2.64. The van der Waals surface area contributed by atoms with E-state index in [0.717, 1.165) is 11.1 Å². The van der Waals surface area contributed by atoms with Crippen LogP contribution in [0.4, 0.5) is 0 Å². The number of hydrogen-bond donors (Lipinski definition) is 0. The second-order valence-corrected chi connectivity index (χ2v) is 2.64. The van der Waals surface area contributed by atoms with Crippen molar-refractivity contribution in [3.05, 3.63) is 29.1 Å². The number of aromatic nitrogens is 1. The van der Waals surface area contributed by atoms with E-state index in [-0.39, 0.29) is 5.97 Å². The van der Waals surface area contributed by atoms with Gasteiger partial charge in [-0.3, -0.25) is 4.98 Å². The molecule has 1 aromatic rings. The van der Waals surface area contributed by atoms with Crippen LogP contribution in [-0.4, -0.2) is 18.1 Å². The number of aryl methyl sites for hydroxylation is 2. The fourth-order valence-electron chi connectivity index (χ4n) is 1.13. The molecule has 3 nitrogen and oxygen atoms in total. The van der Waals surface area contributed by atoms with Crippen molar-refractivity contribution in [1.29, 1.82) is 0 Å². The Kier molecular flexibility index (Phi) is 2.43. The van der Waals surface area contributed by atoms with E-state index in [0.29, 0.717) is 5.56 Å². The molecule has 0 aromatic carbocycles. The zero-order valence-electron chi connectivity index (χ0n) is 7.42. The summed E-state index contributed by atoms with van der Waals surface area (Å²) in [6.45, 7) is 3.68. The summed E-state index contributed by atoms with van der Waals surface area (Å²) < 4.78 is 4.63. The van der Waals surface area contributed by atoms with E-state index in [1.807, 2.05) is 13.8 Å². The molecule has 0 saturated heterocycles. The van der Waals surface area contributed by atoms with Crippen LogP contribution in [0, 0.1) is 13.8 Å². The smallest absolute Gasteiger partial charge is 0.338 e. The summed E-state index contributed by atoms with van der Waals surface area (Å²) >= 11 is 0. The number of carbonyl (C=O) groups is 1. The molecular weight excluding hydrogens is 154 g/mol. The first-order valence-corrected chi connectivity index (χ1v) is 3.66. The Bertz CT molecular complexity index is 287. The number of methoxy groups -OCH3 is 1. The van der Waals surface area contributed by atoms with Gasteiger partial charge in [0, 0.05) is 12.4 Å². The van der Waals surface area contributed by atoms with Crippen LogP contribution in [0.15, 0.2) is 12.4 Å². The number of carbonyl (C=O) groups excluding carboxylic acids is 1. The van der Waals surface area contributed by atoms with Crippen molar-refractivity contribution in [2.45, 2.75) is 13.8 Å². The molecule has 1 aromatic heterocycles. The maximum absolute atomic E-state index is 11.2. The van der Waals surface area contributed by atoms with Gasteiger partial charge in [-0.15, -0.1) is 0 Å². The second kappa shape index (κ2) is 3.34. The molecule has 0 aliphatic carbocycles. The van der Waals surface area contributed by atoms with Crippen LogP contribution in [-0.2, 0) is 4.74 Å². The van der Waals surface area contributed by atoms with Gasteiger partial charge in [0.1, 0.15) is 0 Å². The normalized spacial score (nSPS) is 9.58. The maximum atomic E-state index is 11.2. The van der Waals surface area contributed by atoms with Crippen LogP contribution in [0.2, 0.25) is 0 Å². The molecule has 0 N–H and O–H groups in total. The van der Waals surface area contributed by atoms with Crippen LogP contribution >= 0.6 is 0 Å². The number of rotatable bonds is 1. The van der Waals surface area contributed by atoms with E-state index < -0.39 is 0 Å². The van der Waals surface area contributed by atoms with Gasteiger partial charge in [0.15, 0.2) is 0 Å². The zero-order valence-corrected chi connectivity index (χ0v) is 7.42. The van der Waals surface area contributed by atoms with Crippen molar-refractivity contribution in [3.8, 4) is 0 Å². The van der Waals surface area contributed by atoms with Crippen molar-refractivity contribution >= 4 is 5.97 Å². The third-order valence-corrected chi connectivity index (χ3v) is 1.71. The molecule has 0 atom stereocenters. The lowest BCUT2D eigenvalue weighted by molar-refractivity contribution is 0.0599. The number of pyridine rings is 1. The largest absolute Gasteiger partial charge is 0.465 e. The van der Waals surface area contributed by atoms with E-state index >= 15 is 0 Å². The molecule has 0 radical (unpaired) electrons. The number of hydrogen-bond acceptors (Lipinski definition) is 3. The third-order valence-electron chi connectivity index (χ3n) is 1.71. The highest BCUT2D eigenvalue weighted by molar-refractivity contribution is 5.92. The first kappa shape index (κ1) is 8.71. The summed E-state index contributed by atoms with van der Waals surface area (Å²) in [4.78, 5) is 15.2. The van der Waals surface area contributed by atoms with E-state index in [4.69, 9.17) is 0 Å². The van der Waals surface area contributed by atoms with E-state index in [1.54, 1.807) is 12.4 Å². The van der Waals surface area contributed by atoms with E-state index in [9.17, 15) is 4.79 Å². The standard InChI is InChI=1S/C9H11NO2/c1-6-4-10-5-7(2)8(6)9(11)12-3/h4-5H,1-3H3. The molecule has 1 rings (SSSR count). The molecule has 0 amide bonds. The lowest BCUT2D eigenvalue weighted by Crippen LogP contribution is -2.06.